The van der Waals surface area contributed by atoms with Crippen molar-refractivity contribution in [1.29, 1.82) is 0 Å². The van der Waals surface area contributed by atoms with E-state index in [9.17, 15) is 14.7 Å². The van der Waals surface area contributed by atoms with Gasteiger partial charge in [-0.05, 0) is 73.9 Å². The highest BCUT2D eigenvalue weighted by Crippen LogP contribution is 2.43. The van der Waals surface area contributed by atoms with Crippen LogP contribution in [0.25, 0.3) is 5.76 Å². The molecule has 1 aliphatic heterocycles. The SMILES string of the molecule is CCOc1ccc(/C(O)=C2/C(=O)C(=O)N(c3cccc(Br)c3)C2c2ccc(C)o2)cc1C(C)C. The molecule has 3 aromatic rings. The maximum Gasteiger partial charge on any atom is 0.300 e. The smallest absolute Gasteiger partial charge is 0.300 e. The summed E-state index contributed by atoms with van der Waals surface area (Å²) in [5.41, 5.74) is 1.84. The van der Waals surface area contributed by atoms with Gasteiger partial charge in [-0.15, -0.1) is 0 Å². The number of amides is 1. The van der Waals surface area contributed by atoms with Crippen LogP contribution in [0.2, 0.25) is 0 Å². The van der Waals surface area contributed by atoms with E-state index < -0.39 is 17.7 Å². The van der Waals surface area contributed by atoms with Crippen molar-refractivity contribution in [3.63, 3.8) is 0 Å². The van der Waals surface area contributed by atoms with Crippen LogP contribution < -0.4 is 9.64 Å². The summed E-state index contributed by atoms with van der Waals surface area (Å²) in [5.74, 6) is 0.139. The average molecular weight is 524 g/mol. The number of nitrogens with zero attached hydrogens (tertiary/aromatic N) is 1. The van der Waals surface area contributed by atoms with Gasteiger partial charge in [0.15, 0.2) is 0 Å². The number of rotatable bonds is 6. The summed E-state index contributed by atoms with van der Waals surface area (Å²) in [5, 5.41) is 11.4. The molecule has 0 bridgehead atoms. The molecule has 1 saturated heterocycles. The Hall–Kier alpha value is -3.32. The lowest BCUT2D eigenvalue weighted by atomic mass is 9.95. The molecule has 1 aromatic heterocycles. The van der Waals surface area contributed by atoms with Crippen LogP contribution in [0.15, 0.2) is 69.1 Å². The van der Waals surface area contributed by atoms with E-state index in [1.54, 1.807) is 49.4 Å². The summed E-state index contributed by atoms with van der Waals surface area (Å²) >= 11 is 3.43. The van der Waals surface area contributed by atoms with E-state index >= 15 is 0 Å². The first kappa shape index (κ1) is 23.8. The Labute approximate surface area is 207 Å². The van der Waals surface area contributed by atoms with Gasteiger partial charge in [0.2, 0.25) is 0 Å². The van der Waals surface area contributed by atoms with E-state index in [-0.39, 0.29) is 17.3 Å². The van der Waals surface area contributed by atoms with Crippen LogP contribution in [0.4, 0.5) is 5.69 Å². The molecule has 1 aliphatic rings. The second-order valence-corrected chi connectivity index (χ2v) is 9.35. The number of Topliss-reactive ketones (excluding diaryl/α,β-unsaturated/α-hetero) is 1. The van der Waals surface area contributed by atoms with E-state index in [2.05, 4.69) is 15.9 Å². The zero-order valence-corrected chi connectivity index (χ0v) is 21.0. The molecular weight excluding hydrogens is 498 g/mol. The monoisotopic (exact) mass is 523 g/mol. The van der Waals surface area contributed by atoms with Crippen LogP contribution in [0, 0.1) is 6.92 Å². The normalized spacial score (nSPS) is 17.6. The quantitative estimate of drug-likeness (QED) is 0.226. The number of halogens is 1. The molecule has 0 radical (unpaired) electrons. The number of ether oxygens (including phenoxy) is 1. The zero-order chi connectivity index (χ0) is 24.6. The fourth-order valence-electron chi connectivity index (χ4n) is 4.18. The Bertz CT molecular complexity index is 1290. The highest BCUT2D eigenvalue weighted by Gasteiger charge is 2.48. The number of benzene rings is 2. The van der Waals surface area contributed by atoms with Crippen molar-refractivity contribution >= 4 is 39.1 Å². The number of aliphatic hydroxyl groups excluding tert-OH is 1. The number of carbonyl (C=O) groups excluding carboxylic acids is 2. The molecule has 1 N–H and O–H groups in total. The van der Waals surface area contributed by atoms with E-state index in [1.807, 2.05) is 32.9 Å². The lowest BCUT2D eigenvalue weighted by Gasteiger charge is -2.23. The van der Waals surface area contributed by atoms with Crippen molar-refractivity contribution in [2.24, 2.45) is 0 Å². The van der Waals surface area contributed by atoms with Gasteiger partial charge in [0.25, 0.3) is 11.7 Å². The molecule has 6 nitrogen and oxygen atoms in total. The molecule has 176 valence electrons. The number of anilines is 1. The molecule has 2 aromatic carbocycles. The number of ketones is 1. The predicted molar refractivity (Wildman–Crippen MR) is 134 cm³/mol. The minimum atomic E-state index is -0.905. The molecule has 0 spiro atoms. The fraction of sp³-hybridized carbons (Fsp3) is 0.259. The third kappa shape index (κ3) is 4.28. The van der Waals surface area contributed by atoms with Crippen LogP contribution in [0.3, 0.4) is 0 Å². The van der Waals surface area contributed by atoms with Crippen LogP contribution >= 0.6 is 15.9 Å². The largest absolute Gasteiger partial charge is 0.507 e. The second-order valence-electron chi connectivity index (χ2n) is 8.44. The minimum Gasteiger partial charge on any atom is -0.507 e. The van der Waals surface area contributed by atoms with Crippen molar-refractivity contribution in [2.75, 3.05) is 11.5 Å². The number of hydrogen-bond acceptors (Lipinski definition) is 5. The Balaban J connectivity index is 1.92. The highest BCUT2D eigenvalue weighted by molar-refractivity contribution is 9.10. The maximum absolute atomic E-state index is 13.3. The standard InChI is InChI=1S/C27H26BrNO5/c1-5-33-21-12-10-17(13-20(21)15(2)3)25(30)23-24(22-11-9-16(4)34-22)29(27(32)26(23)31)19-8-6-7-18(28)14-19/h6-15,24,30H,5H2,1-4H3/b25-23-. The summed E-state index contributed by atoms with van der Waals surface area (Å²) in [7, 11) is 0. The Morgan fingerprint density at radius 3 is 2.53 bits per heavy atom. The van der Waals surface area contributed by atoms with Crippen LogP contribution in [-0.4, -0.2) is 23.4 Å². The first-order chi connectivity index (χ1) is 16.2. The number of carbonyl (C=O) groups is 2. The first-order valence-electron chi connectivity index (χ1n) is 11.1. The Morgan fingerprint density at radius 1 is 1.15 bits per heavy atom. The fourth-order valence-corrected chi connectivity index (χ4v) is 4.57. The molecule has 2 heterocycles. The molecule has 0 saturated carbocycles. The number of aliphatic hydroxyl groups is 1. The molecule has 1 unspecified atom stereocenters. The van der Waals surface area contributed by atoms with E-state index in [1.165, 1.54) is 4.90 Å². The molecule has 34 heavy (non-hydrogen) atoms. The van der Waals surface area contributed by atoms with Crippen molar-refractivity contribution in [1.82, 2.24) is 0 Å². The van der Waals surface area contributed by atoms with E-state index in [4.69, 9.17) is 9.15 Å². The number of hydrogen-bond donors (Lipinski definition) is 1. The number of aryl methyl sites for hydroxylation is 1. The molecule has 4 rings (SSSR count). The van der Waals surface area contributed by atoms with Gasteiger partial charge in [-0.25, -0.2) is 0 Å². The van der Waals surface area contributed by atoms with Gasteiger partial charge in [0, 0.05) is 15.7 Å². The van der Waals surface area contributed by atoms with Crippen LogP contribution in [0.5, 0.6) is 5.75 Å². The molecular formula is C27H26BrNO5. The second kappa shape index (κ2) is 9.50. The van der Waals surface area contributed by atoms with Crippen molar-refractivity contribution in [2.45, 2.75) is 39.7 Å². The molecule has 7 heteroatoms. The third-order valence-electron chi connectivity index (χ3n) is 5.77. The van der Waals surface area contributed by atoms with Gasteiger partial charge in [0.1, 0.15) is 29.1 Å². The van der Waals surface area contributed by atoms with Gasteiger partial charge in [0.05, 0.1) is 12.2 Å². The molecule has 1 atom stereocenters. The topological polar surface area (TPSA) is 80.0 Å². The summed E-state index contributed by atoms with van der Waals surface area (Å²) in [6, 6.07) is 15.0. The zero-order valence-electron chi connectivity index (χ0n) is 19.5. The predicted octanol–water partition coefficient (Wildman–Crippen LogP) is 6.50. The number of furan rings is 1. The van der Waals surface area contributed by atoms with Gasteiger partial charge >= 0.3 is 0 Å². The molecule has 1 fully saturated rings. The van der Waals surface area contributed by atoms with Crippen LogP contribution in [0.1, 0.15) is 55.4 Å². The summed E-state index contributed by atoms with van der Waals surface area (Å²) in [6.45, 7) is 8.27. The Morgan fingerprint density at radius 2 is 1.91 bits per heavy atom. The maximum atomic E-state index is 13.3. The lowest BCUT2D eigenvalue weighted by Crippen LogP contribution is -2.29. The van der Waals surface area contributed by atoms with Crippen LogP contribution in [-0.2, 0) is 9.59 Å². The van der Waals surface area contributed by atoms with Gasteiger partial charge in [-0.1, -0.05) is 35.8 Å². The average Bonchev–Trinajstić information content (AvgIpc) is 3.34. The van der Waals surface area contributed by atoms with E-state index in [0.29, 0.717) is 29.4 Å². The summed E-state index contributed by atoms with van der Waals surface area (Å²) in [4.78, 5) is 27.9. The summed E-state index contributed by atoms with van der Waals surface area (Å²) < 4.78 is 12.3. The lowest BCUT2D eigenvalue weighted by molar-refractivity contribution is -0.132. The van der Waals surface area contributed by atoms with Crippen molar-refractivity contribution in [3.05, 3.63) is 87.3 Å². The van der Waals surface area contributed by atoms with Crippen molar-refractivity contribution < 1.29 is 23.8 Å². The third-order valence-corrected chi connectivity index (χ3v) is 6.26. The minimum absolute atomic E-state index is 0.0156. The van der Waals surface area contributed by atoms with Gasteiger partial charge in [-0.3, -0.25) is 14.5 Å². The van der Waals surface area contributed by atoms with Gasteiger partial charge < -0.3 is 14.3 Å². The first-order valence-corrected chi connectivity index (χ1v) is 11.9. The van der Waals surface area contributed by atoms with E-state index in [0.717, 1.165) is 15.8 Å². The van der Waals surface area contributed by atoms with Crippen molar-refractivity contribution in [3.8, 4) is 5.75 Å². The van der Waals surface area contributed by atoms with Gasteiger partial charge in [-0.2, -0.15) is 0 Å². The highest BCUT2D eigenvalue weighted by atomic mass is 79.9. The Kier molecular flexibility index (Phi) is 6.66. The summed E-state index contributed by atoms with van der Waals surface area (Å²) in [6.07, 6.45) is 0. The molecule has 1 amide bonds. The molecule has 0 aliphatic carbocycles.